The molecular weight excluding hydrogens is 386 g/mol. The molecule has 0 unspecified atom stereocenters. The number of amides is 1. The van der Waals surface area contributed by atoms with E-state index in [0.29, 0.717) is 5.69 Å². The van der Waals surface area contributed by atoms with Gasteiger partial charge in [0.25, 0.3) is 0 Å². The number of hydrogen-bond donors (Lipinski definition) is 2. The molecule has 1 amide bonds. The second kappa shape index (κ2) is 9.00. The highest BCUT2D eigenvalue weighted by Gasteiger charge is 2.46. The van der Waals surface area contributed by atoms with Gasteiger partial charge in [0.1, 0.15) is 0 Å². The van der Waals surface area contributed by atoms with Crippen LogP contribution in [0.4, 0.5) is 5.69 Å². The number of allylic oxidation sites excluding steroid dienone is 2. The first-order chi connectivity index (χ1) is 15.0. The molecule has 4 rings (SSSR count). The van der Waals surface area contributed by atoms with Crippen LogP contribution in [0.1, 0.15) is 28.5 Å². The van der Waals surface area contributed by atoms with E-state index in [1.54, 1.807) is 0 Å². The summed E-state index contributed by atoms with van der Waals surface area (Å²) in [7, 11) is 0. The van der Waals surface area contributed by atoms with Crippen LogP contribution in [-0.4, -0.2) is 17.0 Å². The van der Waals surface area contributed by atoms with E-state index in [0.717, 1.165) is 16.7 Å². The second-order valence-electron chi connectivity index (χ2n) is 8.00. The van der Waals surface area contributed by atoms with Gasteiger partial charge in [0.15, 0.2) is 0 Å². The Labute approximate surface area is 182 Å². The zero-order chi connectivity index (χ0) is 21.8. The molecule has 156 valence electrons. The van der Waals surface area contributed by atoms with Crippen LogP contribution in [0, 0.1) is 18.8 Å². The van der Waals surface area contributed by atoms with Crippen molar-refractivity contribution in [1.82, 2.24) is 0 Å². The summed E-state index contributed by atoms with van der Waals surface area (Å²) in [6.45, 7) is 1.98. The van der Waals surface area contributed by atoms with Gasteiger partial charge in [-0.05, 0) is 30.2 Å². The smallest absolute Gasteiger partial charge is 0.308 e. The normalized spacial score (nSPS) is 22.6. The fourth-order valence-electron chi connectivity index (χ4n) is 4.41. The summed E-state index contributed by atoms with van der Waals surface area (Å²) >= 11 is 0. The van der Waals surface area contributed by atoms with E-state index in [2.05, 4.69) is 5.32 Å². The molecule has 4 heteroatoms. The quantitative estimate of drug-likeness (QED) is 0.553. The predicted molar refractivity (Wildman–Crippen MR) is 122 cm³/mol. The van der Waals surface area contributed by atoms with Gasteiger partial charge in [0.2, 0.25) is 5.91 Å². The molecule has 4 nitrogen and oxygen atoms in total. The minimum Gasteiger partial charge on any atom is -0.481 e. The van der Waals surface area contributed by atoms with Gasteiger partial charge in [-0.3, -0.25) is 9.59 Å². The summed E-state index contributed by atoms with van der Waals surface area (Å²) in [4.78, 5) is 26.0. The maximum absolute atomic E-state index is 13.5. The van der Waals surface area contributed by atoms with E-state index in [1.807, 2.05) is 104 Å². The molecule has 2 N–H and O–H groups in total. The van der Waals surface area contributed by atoms with E-state index >= 15 is 0 Å². The number of anilines is 1. The monoisotopic (exact) mass is 411 g/mol. The van der Waals surface area contributed by atoms with Crippen LogP contribution in [-0.2, 0) is 9.59 Å². The van der Waals surface area contributed by atoms with Crippen LogP contribution in [0.25, 0.3) is 0 Å². The van der Waals surface area contributed by atoms with Crippen LogP contribution in [0.3, 0.4) is 0 Å². The van der Waals surface area contributed by atoms with Gasteiger partial charge < -0.3 is 10.4 Å². The molecule has 0 aliphatic heterocycles. The van der Waals surface area contributed by atoms with Crippen molar-refractivity contribution in [1.29, 1.82) is 0 Å². The molecule has 0 fully saturated rings. The molecule has 0 bridgehead atoms. The lowest BCUT2D eigenvalue weighted by molar-refractivity contribution is -0.147. The summed E-state index contributed by atoms with van der Waals surface area (Å²) in [6.07, 6.45) is 3.94. The number of carboxylic acid groups (broad SMARTS) is 1. The predicted octanol–water partition coefficient (Wildman–Crippen LogP) is 5.39. The van der Waals surface area contributed by atoms with Crippen LogP contribution >= 0.6 is 0 Å². The van der Waals surface area contributed by atoms with Crippen LogP contribution in [0.15, 0.2) is 97.1 Å². The molecule has 0 saturated heterocycles. The first-order valence-corrected chi connectivity index (χ1v) is 10.4. The highest BCUT2D eigenvalue weighted by molar-refractivity contribution is 5.96. The summed E-state index contributed by atoms with van der Waals surface area (Å²) in [5.41, 5.74) is 3.58. The SMILES string of the molecule is Cc1ccc(NC(=O)[C@H]2[C@@H](C(=O)O)[C@H](c3ccccc3)C=C[C@H]2c2ccccc2)cc1. The van der Waals surface area contributed by atoms with Crippen molar-refractivity contribution in [2.24, 2.45) is 11.8 Å². The highest BCUT2D eigenvalue weighted by Crippen LogP contribution is 2.45. The molecule has 1 aliphatic rings. The maximum atomic E-state index is 13.5. The highest BCUT2D eigenvalue weighted by atomic mass is 16.4. The maximum Gasteiger partial charge on any atom is 0.308 e. The summed E-state index contributed by atoms with van der Waals surface area (Å²) in [5, 5.41) is 13.2. The third-order valence-electron chi connectivity index (χ3n) is 5.96. The van der Waals surface area contributed by atoms with Gasteiger partial charge in [-0.15, -0.1) is 0 Å². The van der Waals surface area contributed by atoms with E-state index < -0.39 is 17.8 Å². The van der Waals surface area contributed by atoms with Crippen molar-refractivity contribution in [2.75, 3.05) is 5.32 Å². The molecule has 3 aromatic carbocycles. The molecule has 0 saturated carbocycles. The van der Waals surface area contributed by atoms with E-state index in [-0.39, 0.29) is 17.7 Å². The first kappa shape index (κ1) is 20.6. The van der Waals surface area contributed by atoms with Crippen molar-refractivity contribution in [3.05, 3.63) is 114 Å². The first-order valence-electron chi connectivity index (χ1n) is 10.4. The number of carbonyl (C=O) groups is 2. The number of carbonyl (C=O) groups excluding carboxylic acids is 1. The minimum absolute atomic E-state index is 0.282. The molecule has 0 radical (unpaired) electrons. The van der Waals surface area contributed by atoms with Gasteiger partial charge in [-0.25, -0.2) is 0 Å². The average molecular weight is 412 g/mol. The molecule has 0 spiro atoms. The number of hydrogen-bond acceptors (Lipinski definition) is 2. The summed E-state index contributed by atoms with van der Waals surface area (Å²) in [5.74, 6) is -3.60. The fraction of sp³-hybridized carbons (Fsp3) is 0.185. The zero-order valence-electron chi connectivity index (χ0n) is 17.3. The lowest BCUT2D eigenvalue weighted by atomic mass is 9.66. The molecule has 1 aliphatic carbocycles. The third-order valence-corrected chi connectivity index (χ3v) is 5.96. The van der Waals surface area contributed by atoms with Crippen molar-refractivity contribution in [2.45, 2.75) is 18.8 Å². The molecule has 4 atom stereocenters. The molecule has 0 heterocycles. The van der Waals surface area contributed by atoms with E-state index in [1.165, 1.54) is 0 Å². The second-order valence-corrected chi connectivity index (χ2v) is 8.00. The van der Waals surface area contributed by atoms with Gasteiger partial charge >= 0.3 is 5.97 Å². The zero-order valence-corrected chi connectivity index (χ0v) is 17.3. The Bertz CT molecular complexity index is 1070. The summed E-state index contributed by atoms with van der Waals surface area (Å²) in [6, 6.07) is 26.7. The van der Waals surface area contributed by atoms with Crippen LogP contribution in [0.2, 0.25) is 0 Å². The Kier molecular flexibility index (Phi) is 5.99. The topological polar surface area (TPSA) is 66.4 Å². The van der Waals surface area contributed by atoms with Crippen molar-refractivity contribution in [3.8, 4) is 0 Å². The fourth-order valence-corrected chi connectivity index (χ4v) is 4.41. The lowest BCUT2D eigenvalue weighted by Crippen LogP contribution is -2.42. The van der Waals surface area contributed by atoms with Crippen molar-refractivity contribution < 1.29 is 14.7 Å². The number of carboxylic acids is 1. The summed E-state index contributed by atoms with van der Waals surface area (Å²) < 4.78 is 0. The van der Waals surface area contributed by atoms with Gasteiger partial charge in [0.05, 0.1) is 11.8 Å². The lowest BCUT2D eigenvalue weighted by Gasteiger charge is -2.37. The average Bonchev–Trinajstić information content (AvgIpc) is 2.80. The molecule has 0 aromatic heterocycles. The Hall–Kier alpha value is -3.66. The van der Waals surface area contributed by atoms with Gasteiger partial charge in [0, 0.05) is 17.5 Å². The van der Waals surface area contributed by atoms with E-state index in [4.69, 9.17) is 0 Å². The van der Waals surface area contributed by atoms with Gasteiger partial charge in [-0.2, -0.15) is 0 Å². The molecule has 31 heavy (non-hydrogen) atoms. The van der Waals surface area contributed by atoms with Crippen LogP contribution in [0.5, 0.6) is 0 Å². The Balaban J connectivity index is 1.76. The van der Waals surface area contributed by atoms with E-state index in [9.17, 15) is 14.7 Å². The van der Waals surface area contributed by atoms with Crippen molar-refractivity contribution in [3.63, 3.8) is 0 Å². The number of aryl methyl sites for hydroxylation is 1. The van der Waals surface area contributed by atoms with Crippen molar-refractivity contribution >= 4 is 17.6 Å². The Morgan fingerprint density at radius 2 is 1.19 bits per heavy atom. The minimum atomic E-state index is -0.969. The Morgan fingerprint density at radius 1 is 0.710 bits per heavy atom. The third kappa shape index (κ3) is 4.43. The standard InChI is InChI=1S/C27H25NO3/c1-18-12-14-21(15-13-18)28-26(29)24-22(19-8-4-2-5-9-19)16-17-23(25(24)27(30)31)20-10-6-3-7-11-20/h2-17,22-25H,1H3,(H,28,29)(H,30,31)/t22-,23-,24+,25-/m0/s1. The molecule has 3 aromatic rings. The van der Waals surface area contributed by atoms with Gasteiger partial charge in [-0.1, -0.05) is 90.5 Å². The number of nitrogens with one attached hydrogen (secondary N) is 1. The number of rotatable bonds is 5. The number of aliphatic carboxylic acids is 1. The number of benzene rings is 3. The van der Waals surface area contributed by atoms with Crippen LogP contribution < -0.4 is 5.32 Å². The Morgan fingerprint density at radius 3 is 1.68 bits per heavy atom. The largest absolute Gasteiger partial charge is 0.481 e. The molecular formula is C27H25NO3.